The highest BCUT2D eigenvalue weighted by Crippen LogP contribution is 2.41. The number of anilines is 1. The van der Waals surface area contributed by atoms with E-state index in [0.29, 0.717) is 11.4 Å². The van der Waals surface area contributed by atoms with Crippen molar-refractivity contribution in [3.8, 4) is 11.1 Å². The summed E-state index contributed by atoms with van der Waals surface area (Å²) in [5.74, 6) is -0.853. The lowest BCUT2D eigenvalue weighted by atomic mass is 9.83. The zero-order valence-electron chi connectivity index (χ0n) is 14.7. The number of hydrogen-bond donors (Lipinski definition) is 1. The second kappa shape index (κ2) is 6.99. The van der Waals surface area contributed by atoms with Gasteiger partial charge in [0.25, 0.3) is 0 Å². The number of pyridine rings is 1. The maximum atomic E-state index is 15.2. The maximum absolute atomic E-state index is 15.2. The van der Waals surface area contributed by atoms with Gasteiger partial charge in [-0.15, -0.1) is 0 Å². The van der Waals surface area contributed by atoms with Crippen LogP contribution in [0.2, 0.25) is 13.1 Å². The molecule has 2 N–H and O–H groups in total. The highest BCUT2D eigenvalue weighted by molar-refractivity contribution is 6.48. The average Bonchev–Trinajstić information content (AvgIpc) is 2.46. The number of nitrogens with two attached hydrogens (primary N) is 1. The lowest BCUT2D eigenvalue weighted by Crippen LogP contribution is -2.27. The van der Waals surface area contributed by atoms with E-state index in [1.165, 1.54) is 18.3 Å². The van der Waals surface area contributed by atoms with E-state index in [-0.39, 0.29) is 11.1 Å². The number of nitrogens with zero attached hydrogens (tertiary/aromatic N) is 1. The molecule has 0 spiro atoms. The van der Waals surface area contributed by atoms with Crippen LogP contribution in [-0.2, 0) is 4.43 Å². The van der Waals surface area contributed by atoms with Gasteiger partial charge in [-0.05, 0) is 42.8 Å². The number of nitrogen functional groups attached to an aromatic ring is 1. The van der Waals surface area contributed by atoms with Gasteiger partial charge < -0.3 is 10.2 Å². The minimum absolute atomic E-state index is 0.0250. The van der Waals surface area contributed by atoms with E-state index < -0.39 is 32.2 Å². The Bertz CT molecular complexity index is 712. The fourth-order valence-electron chi connectivity index (χ4n) is 2.50. The maximum Gasteiger partial charge on any atom is 0.205 e. The first-order valence-corrected chi connectivity index (χ1v) is 10.2. The molecular formula is C18H23F2N2OSi. The first-order valence-electron chi connectivity index (χ1n) is 7.78. The highest BCUT2D eigenvalue weighted by Gasteiger charge is 2.33. The van der Waals surface area contributed by atoms with Crippen molar-refractivity contribution >= 4 is 14.9 Å². The molecule has 0 saturated heterocycles. The molecule has 0 amide bonds. The van der Waals surface area contributed by atoms with E-state index in [0.717, 1.165) is 0 Å². The van der Waals surface area contributed by atoms with Crippen LogP contribution in [0.1, 0.15) is 32.4 Å². The summed E-state index contributed by atoms with van der Waals surface area (Å²) in [6.07, 6.45) is 0.820. The SMILES string of the molecule is C[Si](C)OC(c1c(F)ccc(-c2ccc(N)nc2)c1F)C(C)(C)C. The van der Waals surface area contributed by atoms with E-state index in [4.69, 9.17) is 10.2 Å². The smallest absolute Gasteiger partial charge is 0.205 e. The van der Waals surface area contributed by atoms with Gasteiger partial charge in [0, 0.05) is 17.3 Å². The molecule has 1 aromatic carbocycles. The lowest BCUT2D eigenvalue weighted by molar-refractivity contribution is 0.0796. The molecule has 0 aliphatic heterocycles. The van der Waals surface area contributed by atoms with Crippen LogP contribution in [0.4, 0.5) is 14.6 Å². The Kier molecular flexibility index (Phi) is 5.40. The Morgan fingerprint density at radius 3 is 2.29 bits per heavy atom. The number of halogens is 2. The molecule has 0 aliphatic carbocycles. The minimum Gasteiger partial charge on any atom is -0.410 e. The summed E-state index contributed by atoms with van der Waals surface area (Å²) in [6.45, 7) is 9.65. The van der Waals surface area contributed by atoms with Crippen LogP contribution in [0.25, 0.3) is 11.1 Å². The predicted molar refractivity (Wildman–Crippen MR) is 94.8 cm³/mol. The van der Waals surface area contributed by atoms with E-state index in [1.54, 1.807) is 12.1 Å². The zero-order chi connectivity index (χ0) is 18.1. The molecule has 129 valence electrons. The Hall–Kier alpha value is -1.79. The lowest BCUT2D eigenvalue weighted by Gasteiger charge is -2.33. The highest BCUT2D eigenvalue weighted by atomic mass is 28.3. The topological polar surface area (TPSA) is 48.1 Å². The third-order valence-electron chi connectivity index (χ3n) is 3.63. The molecule has 3 nitrogen and oxygen atoms in total. The summed E-state index contributed by atoms with van der Waals surface area (Å²) in [5, 5.41) is 0. The normalized spacial score (nSPS) is 13.3. The number of hydrogen-bond acceptors (Lipinski definition) is 3. The molecule has 2 aromatic rings. The van der Waals surface area contributed by atoms with Crippen molar-refractivity contribution in [2.45, 2.75) is 40.0 Å². The Balaban J connectivity index is 2.61. The van der Waals surface area contributed by atoms with Crippen LogP contribution in [0.15, 0.2) is 30.5 Å². The molecule has 1 heterocycles. The molecular weight excluding hydrogens is 326 g/mol. The van der Waals surface area contributed by atoms with Gasteiger partial charge in [-0.2, -0.15) is 0 Å². The fraction of sp³-hybridized carbons (Fsp3) is 0.389. The predicted octanol–water partition coefficient (Wildman–Crippen LogP) is 4.96. The van der Waals surface area contributed by atoms with Gasteiger partial charge in [-0.1, -0.05) is 20.8 Å². The van der Waals surface area contributed by atoms with Gasteiger partial charge in [0.1, 0.15) is 17.5 Å². The molecule has 1 aromatic heterocycles. The summed E-state index contributed by atoms with van der Waals surface area (Å²) >= 11 is 0. The first-order chi connectivity index (χ1) is 11.1. The first kappa shape index (κ1) is 18.5. The molecule has 0 aliphatic rings. The Morgan fingerprint density at radius 1 is 1.12 bits per heavy atom. The van der Waals surface area contributed by atoms with Crippen LogP contribution in [0.5, 0.6) is 0 Å². The van der Waals surface area contributed by atoms with Gasteiger partial charge in [0.05, 0.1) is 11.7 Å². The van der Waals surface area contributed by atoms with Gasteiger partial charge in [0.15, 0.2) is 0 Å². The van der Waals surface area contributed by atoms with Gasteiger partial charge in [-0.3, -0.25) is 0 Å². The minimum atomic E-state index is -1.14. The van der Waals surface area contributed by atoms with Crippen molar-refractivity contribution < 1.29 is 13.2 Å². The average molecular weight is 349 g/mol. The van der Waals surface area contributed by atoms with Crippen LogP contribution >= 0.6 is 0 Å². The van der Waals surface area contributed by atoms with Crippen molar-refractivity contribution in [1.82, 2.24) is 4.98 Å². The number of aromatic nitrogens is 1. The molecule has 0 saturated carbocycles. The molecule has 2 rings (SSSR count). The van der Waals surface area contributed by atoms with Crippen molar-refractivity contribution in [2.75, 3.05) is 5.73 Å². The number of rotatable bonds is 4. The standard InChI is InChI=1S/C18H23F2N2OSi/c1-18(2,3)17(23-24(4)5)15-13(19)8-7-12(16(15)20)11-6-9-14(21)22-10-11/h6-10,17H,1-5H3,(H2,21,22). The molecule has 0 bridgehead atoms. The molecule has 6 heteroatoms. The third-order valence-corrected chi connectivity index (χ3v) is 4.33. The third kappa shape index (κ3) is 3.99. The van der Waals surface area contributed by atoms with E-state index in [9.17, 15) is 4.39 Å². The fourth-order valence-corrected chi connectivity index (χ4v) is 3.44. The summed E-state index contributed by atoms with van der Waals surface area (Å²) in [4.78, 5) is 3.98. The van der Waals surface area contributed by atoms with E-state index in [2.05, 4.69) is 4.98 Å². The van der Waals surface area contributed by atoms with E-state index in [1.807, 2.05) is 33.9 Å². The van der Waals surface area contributed by atoms with E-state index >= 15 is 4.39 Å². The van der Waals surface area contributed by atoms with Crippen molar-refractivity contribution in [2.24, 2.45) is 5.41 Å². The second-order valence-electron chi connectivity index (χ2n) is 7.07. The van der Waals surface area contributed by atoms with Gasteiger partial charge >= 0.3 is 0 Å². The number of benzene rings is 1. The Labute approximate surface area is 143 Å². The molecule has 24 heavy (non-hydrogen) atoms. The van der Waals surface area contributed by atoms with Crippen LogP contribution in [0.3, 0.4) is 0 Å². The van der Waals surface area contributed by atoms with Crippen molar-refractivity contribution in [3.63, 3.8) is 0 Å². The monoisotopic (exact) mass is 349 g/mol. The zero-order valence-corrected chi connectivity index (χ0v) is 15.7. The van der Waals surface area contributed by atoms with Crippen molar-refractivity contribution in [3.05, 3.63) is 47.7 Å². The van der Waals surface area contributed by atoms with Crippen LogP contribution in [-0.4, -0.2) is 14.0 Å². The largest absolute Gasteiger partial charge is 0.410 e. The van der Waals surface area contributed by atoms with Crippen LogP contribution in [0, 0.1) is 17.0 Å². The van der Waals surface area contributed by atoms with Gasteiger partial charge in [0.2, 0.25) is 9.04 Å². The molecule has 1 radical (unpaired) electrons. The summed E-state index contributed by atoms with van der Waals surface area (Å²) in [5.41, 5.74) is 5.95. The molecule has 1 unspecified atom stereocenters. The van der Waals surface area contributed by atoms with Crippen molar-refractivity contribution in [1.29, 1.82) is 0 Å². The summed E-state index contributed by atoms with van der Waals surface area (Å²) in [6, 6.07) is 5.97. The molecule has 1 atom stereocenters. The summed E-state index contributed by atoms with van der Waals surface area (Å²) < 4.78 is 35.6. The summed E-state index contributed by atoms with van der Waals surface area (Å²) in [7, 11) is -1.14. The quantitative estimate of drug-likeness (QED) is 0.793. The van der Waals surface area contributed by atoms with Gasteiger partial charge in [-0.25, -0.2) is 13.8 Å². The van der Waals surface area contributed by atoms with Crippen LogP contribution < -0.4 is 5.73 Å². The molecule has 0 fully saturated rings. The second-order valence-corrected chi connectivity index (χ2v) is 9.12. The Morgan fingerprint density at radius 2 is 1.79 bits per heavy atom.